The van der Waals surface area contributed by atoms with E-state index in [1.807, 2.05) is 0 Å². The quantitative estimate of drug-likeness (QED) is 0.238. The molecule has 0 unspecified atom stereocenters. The number of halogens is 3. The van der Waals surface area contributed by atoms with Crippen molar-refractivity contribution in [1.29, 1.82) is 0 Å². The van der Waals surface area contributed by atoms with Crippen LogP contribution in [0.5, 0.6) is 5.88 Å². The Morgan fingerprint density at radius 2 is 1.83 bits per heavy atom. The summed E-state index contributed by atoms with van der Waals surface area (Å²) in [7, 11) is -3.68. The topological polar surface area (TPSA) is 115 Å². The van der Waals surface area contributed by atoms with E-state index in [4.69, 9.17) is 23.2 Å². The van der Waals surface area contributed by atoms with Crippen molar-refractivity contribution in [3.05, 3.63) is 86.3 Å². The van der Waals surface area contributed by atoms with Gasteiger partial charge in [-0.3, -0.25) is 9.10 Å². The number of fused-ring (bicyclic) bond motifs is 1. The van der Waals surface area contributed by atoms with E-state index in [-0.39, 0.29) is 39.4 Å². The van der Waals surface area contributed by atoms with E-state index in [1.165, 1.54) is 12.1 Å². The second kappa shape index (κ2) is 9.98. The van der Waals surface area contributed by atoms with Crippen LogP contribution in [0.15, 0.2) is 75.4 Å². The van der Waals surface area contributed by atoms with Crippen LogP contribution in [-0.4, -0.2) is 30.7 Å². The summed E-state index contributed by atoms with van der Waals surface area (Å²) in [6.07, 6.45) is 1.07. The van der Waals surface area contributed by atoms with Crippen LogP contribution in [0.25, 0.3) is 10.9 Å². The number of azo groups is 1. The Morgan fingerprint density at radius 3 is 2.51 bits per heavy atom. The summed E-state index contributed by atoms with van der Waals surface area (Å²) >= 11 is 15.6. The van der Waals surface area contributed by atoms with Crippen LogP contribution in [0.1, 0.15) is 15.9 Å². The van der Waals surface area contributed by atoms with Crippen molar-refractivity contribution in [2.75, 3.05) is 10.6 Å². The lowest BCUT2D eigenvalue weighted by molar-refractivity contribution is 0.0995. The molecule has 12 heteroatoms. The fourth-order valence-electron chi connectivity index (χ4n) is 3.37. The largest absolute Gasteiger partial charge is 0.493 e. The third kappa shape index (κ3) is 5.51. The molecule has 2 N–H and O–H groups in total. The molecule has 180 valence electrons. The zero-order valence-electron chi connectivity index (χ0n) is 18.0. The predicted octanol–water partition coefficient (Wildman–Crippen LogP) is 6.83. The number of hydrogen-bond acceptors (Lipinski definition) is 5. The van der Waals surface area contributed by atoms with Crippen LogP contribution in [0.3, 0.4) is 0 Å². The van der Waals surface area contributed by atoms with Gasteiger partial charge in [0.15, 0.2) is 5.69 Å². The van der Waals surface area contributed by atoms with Gasteiger partial charge >= 0.3 is 0 Å². The minimum atomic E-state index is -3.68. The van der Waals surface area contributed by atoms with Gasteiger partial charge in [-0.2, -0.15) is 0 Å². The molecule has 0 fully saturated rings. The van der Waals surface area contributed by atoms with Gasteiger partial charge in [0.1, 0.15) is 0 Å². The van der Waals surface area contributed by atoms with E-state index in [1.54, 1.807) is 48.5 Å². The maximum atomic E-state index is 12.6. The second-order valence-electron chi connectivity index (χ2n) is 7.56. The molecular weight excluding hydrogens is 579 g/mol. The smallest absolute Gasteiger partial charge is 0.295 e. The Kier molecular flexibility index (Phi) is 7.18. The Bertz CT molecular complexity index is 1570. The molecule has 0 saturated carbocycles. The highest BCUT2D eigenvalue weighted by molar-refractivity contribution is 9.10. The zero-order valence-corrected chi connectivity index (χ0v) is 22.0. The normalized spacial score (nSPS) is 11.9. The summed E-state index contributed by atoms with van der Waals surface area (Å²) in [5.41, 5.74) is 1.89. The predicted molar refractivity (Wildman–Crippen MR) is 140 cm³/mol. The molecule has 35 heavy (non-hydrogen) atoms. The minimum absolute atomic E-state index is 0.0209. The lowest BCUT2D eigenvalue weighted by atomic mass is 10.1. The maximum absolute atomic E-state index is 12.6. The van der Waals surface area contributed by atoms with Crippen molar-refractivity contribution in [2.24, 2.45) is 10.2 Å². The Balaban J connectivity index is 1.56. The lowest BCUT2D eigenvalue weighted by Gasteiger charge is -2.24. The highest BCUT2D eigenvalue weighted by Gasteiger charge is 2.22. The lowest BCUT2D eigenvalue weighted by Crippen LogP contribution is -2.29. The molecule has 8 nitrogen and oxygen atoms in total. The average molecular weight is 596 g/mol. The van der Waals surface area contributed by atoms with Gasteiger partial charge in [0.05, 0.1) is 34.0 Å². The standard InChI is InChI=1S/C23H17BrCl2N4O4S/c1-35(33,34)30(19-4-2-3-17(25)20(19)26)12-13-5-7-14(8-6-13)22(31)29-28-21-16-11-15(24)9-10-18(16)27-23(21)32/h2-11,27,32H,12H2,1H3. The second-order valence-corrected chi connectivity index (χ2v) is 11.2. The Hall–Kier alpha value is -2.92. The summed E-state index contributed by atoms with van der Waals surface area (Å²) in [5, 5.41) is 18.7. The first-order valence-electron chi connectivity index (χ1n) is 10.0. The van der Waals surface area contributed by atoms with Crippen molar-refractivity contribution in [3.63, 3.8) is 0 Å². The highest BCUT2D eigenvalue weighted by atomic mass is 79.9. The molecule has 3 aromatic carbocycles. The number of anilines is 1. The van der Waals surface area contributed by atoms with E-state index in [0.717, 1.165) is 15.0 Å². The minimum Gasteiger partial charge on any atom is -0.493 e. The number of sulfonamides is 1. The molecule has 0 aliphatic rings. The number of carbonyl (C=O) groups excluding carboxylic acids is 1. The van der Waals surface area contributed by atoms with Gasteiger partial charge in [-0.05, 0) is 48.0 Å². The molecule has 4 aromatic rings. The van der Waals surface area contributed by atoms with Crippen molar-refractivity contribution < 1.29 is 18.3 Å². The first-order valence-corrected chi connectivity index (χ1v) is 13.4. The van der Waals surface area contributed by atoms with Gasteiger partial charge in [0.25, 0.3) is 5.91 Å². The molecule has 1 heterocycles. The molecule has 0 aliphatic heterocycles. The number of rotatable bonds is 6. The Labute approximate surface area is 219 Å². The van der Waals surface area contributed by atoms with E-state index >= 15 is 0 Å². The van der Waals surface area contributed by atoms with Gasteiger partial charge < -0.3 is 10.1 Å². The summed E-state index contributed by atoms with van der Waals surface area (Å²) < 4.78 is 26.8. The van der Waals surface area contributed by atoms with E-state index in [0.29, 0.717) is 16.5 Å². The summed E-state index contributed by atoms with van der Waals surface area (Å²) in [4.78, 5) is 15.3. The fraction of sp³-hybridized carbons (Fsp3) is 0.0870. The first kappa shape index (κ1) is 25.2. The van der Waals surface area contributed by atoms with Gasteiger partial charge in [-0.25, -0.2) is 8.42 Å². The summed E-state index contributed by atoms with van der Waals surface area (Å²) in [5.74, 6) is -0.830. The molecule has 0 saturated heterocycles. The number of benzene rings is 3. The SMILES string of the molecule is CS(=O)(=O)N(Cc1ccc(C(=O)N=Nc2c(O)[nH]c3ccc(Br)cc23)cc1)c1cccc(Cl)c1Cl. The van der Waals surface area contributed by atoms with Gasteiger partial charge in [-0.1, -0.05) is 57.3 Å². The molecule has 0 aliphatic carbocycles. The van der Waals surface area contributed by atoms with Gasteiger partial charge in [-0.15, -0.1) is 10.2 Å². The first-order chi connectivity index (χ1) is 16.5. The van der Waals surface area contributed by atoms with Crippen molar-refractivity contribution >= 4 is 77.3 Å². The number of aromatic amines is 1. The third-order valence-corrected chi connectivity index (χ3v) is 7.51. The number of hydrogen-bond donors (Lipinski definition) is 2. The molecule has 0 radical (unpaired) electrons. The number of nitrogens with zero attached hydrogens (tertiary/aromatic N) is 3. The highest BCUT2D eigenvalue weighted by Crippen LogP contribution is 2.37. The van der Waals surface area contributed by atoms with Gasteiger partial charge in [0, 0.05) is 15.4 Å². The van der Waals surface area contributed by atoms with Crippen molar-refractivity contribution in [1.82, 2.24) is 4.98 Å². The maximum Gasteiger partial charge on any atom is 0.295 e. The molecule has 1 amide bonds. The monoisotopic (exact) mass is 594 g/mol. The Morgan fingerprint density at radius 1 is 1.11 bits per heavy atom. The van der Waals surface area contributed by atoms with E-state index in [2.05, 4.69) is 31.1 Å². The summed E-state index contributed by atoms with van der Waals surface area (Å²) in [6.45, 7) is -0.0209. The number of aromatic nitrogens is 1. The van der Waals surface area contributed by atoms with Crippen LogP contribution >= 0.6 is 39.1 Å². The molecule has 1 aromatic heterocycles. The van der Waals surface area contributed by atoms with E-state index < -0.39 is 15.9 Å². The molecular formula is C23H17BrCl2N4O4S. The summed E-state index contributed by atoms with van der Waals surface area (Å²) in [6, 6.07) is 16.3. The van der Waals surface area contributed by atoms with Crippen LogP contribution in [0.2, 0.25) is 10.0 Å². The van der Waals surface area contributed by atoms with Crippen LogP contribution in [0.4, 0.5) is 11.4 Å². The molecule has 4 rings (SSSR count). The molecule has 0 bridgehead atoms. The number of carbonyl (C=O) groups is 1. The molecule has 0 atom stereocenters. The van der Waals surface area contributed by atoms with Crippen molar-refractivity contribution in [3.8, 4) is 5.88 Å². The van der Waals surface area contributed by atoms with Crippen LogP contribution in [-0.2, 0) is 16.6 Å². The number of aromatic hydroxyl groups is 1. The zero-order chi connectivity index (χ0) is 25.3. The van der Waals surface area contributed by atoms with Crippen molar-refractivity contribution in [2.45, 2.75) is 6.54 Å². The molecule has 0 spiro atoms. The van der Waals surface area contributed by atoms with Crippen LogP contribution in [0, 0.1) is 0 Å². The number of amides is 1. The van der Waals surface area contributed by atoms with Crippen LogP contribution < -0.4 is 4.31 Å². The van der Waals surface area contributed by atoms with E-state index in [9.17, 15) is 18.3 Å². The fourth-order valence-corrected chi connectivity index (χ4v) is 5.08. The van der Waals surface area contributed by atoms with Gasteiger partial charge in [0.2, 0.25) is 15.9 Å². The third-order valence-electron chi connectivity index (χ3n) is 5.08. The number of H-pyrrole nitrogens is 1. The average Bonchev–Trinajstić information content (AvgIpc) is 3.11. The number of nitrogens with one attached hydrogen (secondary N) is 1.